The van der Waals surface area contributed by atoms with Crippen LogP contribution in [0.15, 0.2) is 28.7 Å². The molecule has 0 saturated heterocycles. The highest BCUT2D eigenvalue weighted by Gasteiger charge is 2.19. The Hall–Kier alpha value is -1.66. The van der Waals surface area contributed by atoms with Gasteiger partial charge in [0.1, 0.15) is 10.7 Å². The number of hydrogen-bond donors (Lipinski definition) is 1. The van der Waals surface area contributed by atoms with E-state index in [-0.39, 0.29) is 5.88 Å². The van der Waals surface area contributed by atoms with Crippen LogP contribution in [0, 0.1) is 17.0 Å². The van der Waals surface area contributed by atoms with Crippen molar-refractivity contribution in [1.82, 2.24) is 0 Å². The zero-order valence-electron chi connectivity index (χ0n) is 8.54. The summed E-state index contributed by atoms with van der Waals surface area (Å²) in [6.07, 6.45) is 0. The lowest BCUT2D eigenvalue weighted by atomic mass is 10.2. The van der Waals surface area contributed by atoms with Gasteiger partial charge in [-0.2, -0.15) is 0 Å². The normalized spacial score (nSPS) is 12.6. The van der Waals surface area contributed by atoms with Gasteiger partial charge in [-0.3, -0.25) is 10.1 Å². The third-order valence-electron chi connectivity index (χ3n) is 2.17. The molecule has 1 unspecified atom stereocenters. The smallest absolute Gasteiger partial charge is 0.404 e. The minimum Gasteiger partial charge on any atom is -0.404 e. The summed E-state index contributed by atoms with van der Waals surface area (Å²) in [5, 5.41) is 10.5. The number of thiophene rings is 1. The Morgan fingerprint density at radius 3 is 2.69 bits per heavy atom. The van der Waals surface area contributed by atoms with Gasteiger partial charge in [-0.15, -0.1) is 11.3 Å². The Morgan fingerprint density at radius 2 is 2.19 bits per heavy atom. The second kappa shape index (κ2) is 4.07. The van der Waals surface area contributed by atoms with Gasteiger partial charge in [-0.25, -0.2) is 0 Å². The molecule has 16 heavy (non-hydrogen) atoms. The Morgan fingerprint density at radius 1 is 1.44 bits per heavy atom. The van der Waals surface area contributed by atoms with Gasteiger partial charge >= 0.3 is 5.88 Å². The number of aryl methyl sites for hydroxylation is 1. The van der Waals surface area contributed by atoms with Crippen LogP contribution in [0.3, 0.4) is 0 Å². The number of nitrogens with two attached hydrogens (primary N) is 1. The van der Waals surface area contributed by atoms with Gasteiger partial charge in [0.15, 0.2) is 0 Å². The van der Waals surface area contributed by atoms with Crippen molar-refractivity contribution in [3.05, 3.63) is 49.9 Å². The van der Waals surface area contributed by atoms with Crippen LogP contribution < -0.4 is 5.73 Å². The highest BCUT2D eigenvalue weighted by molar-refractivity contribution is 7.12. The fraction of sp³-hybridized carbons (Fsp3) is 0.200. The van der Waals surface area contributed by atoms with E-state index in [9.17, 15) is 10.1 Å². The van der Waals surface area contributed by atoms with Gasteiger partial charge in [0.05, 0.1) is 12.1 Å². The lowest BCUT2D eigenvalue weighted by Gasteiger charge is -2.04. The Labute approximate surface area is 95.6 Å². The summed E-state index contributed by atoms with van der Waals surface area (Å²) < 4.78 is 5.05. The predicted molar refractivity (Wildman–Crippen MR) is 60.4 cm³/mol. The van der Waals surface area contributed by atoms with E-state index in [2.05, 4.69) is 0 Å². The second-order valence-corrected chi connectivity index (χ2v) is 4.68. The highest BCUT2D eigenvalue weighted by Crippen LogP contribution is 2.29. The first-order valence-electron chi connectivity index (χ1n) is 4.64. The second-order valence-electron chi connectivity index (χ2n) is 3.36. The molecule has 2 rings (SSSR count). The van der Waals surface area contributed by atoms with Crippen molar-refractivity contribution in [2.45, 2.75) is 13.0 Å². The number of hydrogen-bond acceptors (Lipinski definition) is 5. The molecule has 2 N–H and O–H groups in total. The van der Waals surface area contributed by atoms with Gasteiger partial charge < -0.3 is 10.2 Å². The lowest BCUT2D eigenvalue weighted by Crippen LogP contribution is -2.08. The van der Waals surface area contributed by atoms with E-state index in [0.29, 0.717) is 5.76 Å². The van der Waals surface area contributed by atoms with Crippen molar-refractivity contribution < 1.29 is 9.34 Å². The van der Waals surface area contributed by atoms with Gasteiger partial charge in [0.25, 0.3) is 0 Å². The van der Waals surface area contributed by atoms with Crippen LogP contribution in [0.1, 0.15) is 21.6 Å². The van der Waals surface area contributed by atoms with Crippen LogP contribution in [0.5, 0.6) is 0 Å². The van der Waals surface area contributed by atoms with E-state index in [1.807, 2.05) is 19.1 Å². The van der Waals surface area contributed by atoms with Gasteiger partial charge in [0, 0.05) is 9.75 Å². The molecule has 0 aliphatic carbocycles. The van der Waals surface area contributed by atoms with Gasteiger partial charge in [0.2, 0.25) is 0 Å². The van der Waals surface area contributed by atoms with Gasteiger partial charge in [-0.05, 0) is 25.1 Å². The number of nitro groups is 1. The fourth-order valence-electron chi connectivity index (χ4n) is 1.37. The largest absolute Gasteiger partial charge is 0.433 e. The molecule has 2 heterocycles. The summed E-state index contributed by atoms with van der Waals surface area (Å²) in [5.74, 6) is 0.132. The van der Waals surface area contributed by atoms with E-state index < -0.39 is 11.0 Å². The molecule has 0 amide bonds. The van der Waals surface area contributed by atoms with Crippen LogP contribution in [0.4, 0.5) is 5.88 Å². The maximum Gasteiger partial charge on any atom is 0.433 e. The minimum atomic E-state index is -0.574. The van der Waals surface area contributed by atoms with Crippen LogP contribution in [0.25, 0.3) is 0 Å². The highest BCUT2D eigenvalue weighted by atomic mass is 32.1. The van der Waals surface area contributed by atoms with E-state index in [1.165, 1.54) is 12.1 Å². The fourth-order valence-corrected chi connectivity index (χ4v) is 2.26. The van der Waals surface area contributed by atoms with Crippen molar-refractivity contribution in [2.24, 2.45) is 5.73 Å². The van der Waals surface area contributed by atoms with Crippen molar-refractivity contribution in [3.63, 3.8) is 0 Å². The molecule has 2 aromatic heterocycles. The Kier molecular flexibility index (Phi) is 2.76. The first kappa shape index (κ1) is 10.8. The lowest BCUT2D eigenvalue weighted by molar-refractivity contribution is -0.402. The molecular weight excluding hydrogens is 228 g/mol. The Bertz CT molecular complexity index is 518. The predicted octanol–water partition coefficient (Wildman–Crippen LogP) is 2.61. The summed E-state index contributed by atoms with van der Waals surface area (Å²) in [4.78, 5) is 12.0. The van der Waals surface area contributed by atoms with E-state index in [4.69, 9.17) is 10.2 Å². The summed E-state index contributed by atoms with van der Waals surface area (Å²) in [6, 6.07) is 6.27. The van der Waals surface area contributed by atoms with Crippen molar-refractivity contribution in [1.29, 1.82) is 0 Å². The quantitative estimate of drug-likeness (QED) is 0.658. The van der Waals surface area contributed by atoms with E-state index in [1.54, 1.807) is 11.3 Å². The average Bonchev–Trinajstić information content (AvgIpc) is 2.84. The minimum absolute atomic E-state index is 0.279. The third-order valence-corrected chi connectivity index (χ3v) is 3.25. The monoisotopic (exact) mass is 238 g/mol. The first-order chi connectivity index (χ1) is 7.58. The zero-order chi connectivity index (χ0) is 11.7. The average molecular weight is 238 g/mol. The van der Waals surface area contributed by atoms with Crippen molar-refractivity contribution in [2.75, 3.05) is 0 Å². The standard InChI is InChI=1S/C10H10N2O3S/c1-6-2-4-8(16-6)10(11)7-3-5-9(15-7)12(13)14/h2-5,10H,11H2,1H3. The molecule has 0 aliphatic heterocycles. The van der Waals surface area contributed by atoms with Crippen molar-refractivity contribution in [3.8, 4) is 0 Å². The molecule has 84 valence electrons. The summed E-state index contributed by atoms with van der Waals surface area (Å²) in [5.41, 5.74) is 5.94. The zero-order valence-corrected chi connectivity index (χ0v) is 9.36. The van der Waals surface area contributed by atoms with Crippen molar-refractivity contribution >= 4 is 17.2 Å². The molecular formula is C10H10N2O3S. The molecule has 1 atom stereocenters. The molecule has 0 saturated carbocycles. The van der Waals surface area contributed by atoms with E-state index >= 15 is 0 Å². The summed E-state index contributed by atoms with van der Waals surface area (Å²) in [7, 11) is 0. The van der Waals surface area contributed by atoms with E-state index in [0.717, 1.165) is 9.75 Å². The maximum absolute atomic E-state index is 10.5. The maximum atomic E-state index is 10.5. The number of furan rings is 1. The first-order valence-corrected chi connectivity index (χ1v) is 5.45. The number of nitrogens with zero attached hydrogens (tertiary/aromatic N) is 1. The molecule has 0 aromatic carbocycles. The van der Waals surface area contributed by atoms with Crippen LogP contribution >= 0.6 is 11.3 Å². The van der Waals surface area contributed by atoms with Crippen LogP contribution in [-0.4, -0.2) is 4.92 Å². The SMILES string of the molecule is Cc1ccc(C(N)c2ccc([N+](=O)[O-])o2)s1. The molecule has 0 radical (unpaired) electrons. The summed E-state index contributed by atoms with van der Waals surface area (Å²) in [6.45, 7) is 1.98. The Balaban J connectivity index is 2.26. The van der Waals surface area contributed by atoms with Gasteiger partial charge in [-0.1, -0.05) is 0 Å². The third kappa shape index (κ3) is 1.98. The van der Waals surface area contributed by atoms with Crippen LogP contribution in [-0.2, 0) is 0 Å². The molecule has 6 heteroatoms. The molecule has 2 aromatic rings. The van der Waals surface area contributed by atoms with Crippen LogP contribution in [0.2, 0.25) is 0 Å². The topological polar surface area (TPSA) is 82.3 Å². The summed E-state index contributed by atoms with van der Waals surface area (Å²) >= 11 is 1.55. The molecule has 0 fully saturated rings. The molecule has 0 spiro atoms. The molecule has 0 bridgehead atoms. The number of rotatable bonds is 3. The molecule has 5 nitrogen and oxygen atoms in total. The molecule has 0 aliphatic rings.